The molecular weight excluding hydrogens is 314 g/mol. The predicted octanol–water partition coefficient (Wildman–Crippen LogP) is 5.54. The molecule has 0 rings (SSSR count). The van der Waals surface area contributed by atoms with Crippen LogP contribution in [-0.4, -0.2) is 24.5 Å². The van der Waals surface area contributed by atoms with Crippen LogP contribution in [0.15, 0.2) is 0 Å². The molecule has 0 aliphatic rings. The highest BCUT2D eigenvalue weighted by atomic mass is 16.5. The second-order valence-corrected chi connectivity index (χ2v) is 7.31. The molecule has 25 heavy (non-hydrogen) atoms. The van der Waals surface area contributed by atoms with Gasteiger partial charge in [-0.3, -0.25) is 9.59 Å². The van der Waals surface area contributed by atoms with Gasteiger partial charge in [-0.2, -0.15) is 0 Å². The van der Waals surface area contributed by atoms with Crippen LogP contribution >= 0.6 is 0 Å². The maximum Gasteiger partial charge on any atom is 0.325 e. The first-order chi connectivity index (χ1) is 12.1. The van der Waals surface area contributed by atoms with E-state index in [2.05, 4.69) is 12.2 Å². The van der Waals surface area contributed by atoms with Gasteiger partial charge in [0.2, 0.25) is 5.91 Å². The highest BCUT2D eigenvalue weighted by Gasteiger charge is 2.07. The molecule has 0 spiro atoms. The number of unbranched alkanes of at least 4 members (excludes halogenated alkanes) is 12. The molecule has 0 radical (unpaired) electrons. The van der Waals surface area contributed by atoms with Gasteiger partial charge in [-0.05, 0) is 20.3 Å². The van der Waals surface area contributed by atoms with Gasteiger partial charge >= 0.3 is 5.97 Å². The lowest BCUT2D eigenvalue weighted by molar-refractivity contribution is -0.147. The van der Waals surface area contributed by atoms with Crippen molar-refractivity contribution in [3.05, 3.63) is 0 Å². The third-order valence-electron chi connectivity index (χ3n) is 4.30. The van der Waals surface area contributed by atoms with Crippen LogP contribution in [0.5, 0.6) is 0 Å². The van der Waals surface area contributed by atoms with E-state index in [1.165, 1.54) is 70.6 Å². The zero-order valence-electron chi connectivity index (χ0n) is 16.9. The lowest BCUT2D eigenvalue weighted by atomic mass is 10.0. The Bertz CT molecular complexity index is 329. The molecule has 0 bridgehead atoms. The predicted molar refractivity (Wildman–Crippen MR) is 105 cm³/mol. The van der Waals surface area contributed by atoms with Crippen LogP contribution in [0.3, 0.4) is 0 Å². The summed E-state index contributed by atoms with van der Waals surface area (Å²) in [6.07, 6.45) is 17.2. The van der Waals surface area contributed by atoms with Crippen LogP contribution < -0.4 is 5.32 Å². The van der Waals surface area contributed by atoms with Crippen LogP contribution in [-0.2, 0) is 14.3 Å². The van der Waals surface area contributed by atoms with E-state index in [4.69, 9.17) is 4.74 Å². The maximum atomic E-state index is 11.6. The first-order valence-corrected chi connectivity index (χ1v) is 10.5. The summed E-state index contributed by atoms with van der Waals surface area (Å²) in [5.74, 6) is -0.419. The molecule has 0 aromatic carbocycles. The molecule has 1 N–H and O–H groups in total. The quantitative estimate of drug-likeness (QED) is 0.275. The van der Waals surface area contributed by atoms with Crippen molar-refractivity contribution in [2.45, 2.75) is 117 Å². The van der Waals surface area contributed by atoms with E-state index >= 15 is 0 Å². The fraction of sp³-hybridized carbons (Fsp3) is 0.905. The van der Waals surface area contributed by atoms with Crippen LogP contribution in [0, 0.1) is 0 Å². The van der Waals surface area contributed by atoms with Gasteiger partial charge < -0.3 is 10.1 Å². The SMILES string of the molecule is CCCCCCCCCCCCCCCC(=O)NCC(=O)OC(C)C. The summed E-state index contributed by atoms with van der Waals surface area (Å²) in [4.78, 5) is 22.9. The van der Waals surface area contributed by atoms with Crippen molar-refractivity contribution < 1.29 is 14.3 Å². The zero-order chi connectivity index (χ0) is 18.8. The van der Waals surface area contributed by atoms with E-state index in [-0.39, 0.29) is 24.5 Å². The van der Waals surface area contributed by atoms with E-state index in [1.54, 1.807) is 13.8 Å². The lowest BCUT2D eigenvalue weighted by Crippen LogP contribution is -2.31. The number of carbonyl (C=O) groups excluding carboxylic acids is 2. The van der Waals surface area contributed by atoms with Crippen LogP contribution in [0.4, 0.5) is 0 Å². The Kier molecular flexibility index (Phi) is 17.0. The smallest absolute Gasteiger partial charge is 0.325 e. The first-order valence-electron chi connectivity index (χ1n) is 10.5. The third-order valence-corrected chi connectivity index (χ3v) is 4.30. The Morgan fingerprint density at radius 2 is 1.20 bits per heavy atom. The van der Waals surface area contributed by atoms with Crippen LogP contribution in [0.25, 0.3) is 0 Å². The lowest BCUT2D eigenvalue weighted by Gasteiger charge is -2.08. The third kappa shape index (κ3) is 19.1. The van der Waals surface area contributed by atoms with Gasteiger partial charge in [0.05, 0.1) is 6.10 Å². The highest BCUT2D eigenvalue weighted by Crippen LogP contribution is 2.12. The topological polar surface area (TPSA) is 55.4 Å². The van der Waals surface area contributed by atoms with E-state index in [1.807, 2.05) is 0 Å². The molecule has 148 valence electrons. The van der Waals surface area contributed by atoms with Gasteiger partial charge in [0, 0.05) is 6.42 Å². The molecular formula is C21H41NO3. The summed E-state index contributed by atoms with van der Waals surface area (Å²) < 4.78 is 4.97. The zero-order valence-corrected chi connectivity index (χ0v) is 16.9. The standard InChI is InChI=1S/C21H41NO3/c1-4-5-6-7-8-9-10-11-12-13-14-15-16-17-20(23)22-18-21(24)25-19(2)3/h19H,4-18H2,1-3H3,(H,22,23). The van der Waals surface area contributed by atoms with Crippen molar-refractivity contribution in [2.24, 2.45) is 0 Å². The van der Waals surface area contributed by atoms with Crippen molar-refractivity contribution in [1.82, 2.24) is 5.32 Å². The molecule has 0 saturated carbocycles. The number of amides is 1. The maximum absolute atomic E-state index is 11.6. The number of carbonyl (C=O) groups is 2. The van der Waals surface area contributed by atoms with Gasteiger partial charge in [-0.15, -0.1) is 0 Å². The second kappa shape index (κ2) is 17.8. The number of hydrogen-bond acceptors (Lipinski definition) is 3. The Balaban J connectivity index is 3.24. The van der Waals surface area contributed by atoms with Crippen LogP contribution in [0.1, 0.15) is 111 Å². The normalized spacial score (nSPS) is 10.9. The molecule has 0 fully saturated rings. The van der Waals surface area contributed by atoms with Gasteiger partial charge in [-0.1, -0.05) is 84.0 Å². The van der Waals surface area contributed by atoms with Gasteiger partial charge in [0.15, 0.2) is 0 Å². The Morgan fingerprint density at radius 1 is 0.760 bits per heavy atom. The van der Waals surface area contributed by atoms with Gasteiger partial charge in [0.25, 0.3) is 0 Å². The van der Waals surface area contributed by atoms with Crippen molar-refractivity contribution in [2.75, 3.05) is 6.54 Å². The molecule has 0 atom stereocenters. The summed E-state index contributed by atoms with van der Waals surface area (Å²) in [6, 6.07) is 0. The van der Waals surface area contributed by atoms with Gasteiger partial charge in [0.1, 0.15) is 6.54 Å². The second-order valence-electron chi connectivity index (χ2n) is 7.31. The van der Waals surface area contributed by atoms with Crippen molar-refractivity contribution in [3.8, 4) is 0 Å². The molecule has 4 nitrogen and oxygen atoms in total. The molecule has 0 saturated heterocycles. The summed E-state index contributed by atoms with van der Waals surface area (Å²) in [7, 11) is 0. The number of hydrogen-bond donors (Lipinski definition) is 1. The minimum absolute atomic E-state index is 0.0184. The average Bonchev–Trinajstić information content (AvgIpc) is 2.56. The minimum Gasteiger partial charge on any atom is -0.462 e. The molecule has 0 unspecified atom stereocenters. The molecule has 1 amide bonds. The monoisotopic (exact) mass is 355 g/mol. The molecule has 4 heteroatoms. The summed E-state index contributed by atoms with van der Waals surface area (Å²) in [6.45, 7) is 5.84. The first kappa shape index (κ1) is 23.9. The van der Waals surface area contributed by atoms with Crippen molar-refractivity contribution in [3.63, 3.8) is 0 Å². The molecule has 0 aromatic rings. The number of ether oxygens (including phenoxy) is 1. The van der Waals surface area contributed by atoms with Crippen molar-refractivity contribution in [1.29, 1.82) is 0 Å². The fourth-order valence-electron chi connectivity index (χ4n) is 2.87. The van der Waals surface area contributed by atoms with E-state index in [0.29, 0.717) is 6.42 Å². The fourth-order valence-corrected chi connectivity index (χ4v) is 2.87. The average molecular weight is 356 g/mol. The highest BCUT2D eigenvalue weighted by molar-refractivity contribution is 5.81. The molecule has 0 heterocycles. The Hall–Kier alpha value is -1.06. The number of esters is 1. The minimum atomic E-state index is -0.367. The molecule has 0 aliphatic heterocycles. The van der Waals surface area contributed by atoms with Crippen molar-refractivity contribution >= 4 is 11.9 Å². The van der Waals surface area contributed by atoms with Gasteiger partial charge in [-0.25, -0.2) is 0 Å². The summed E-state index contributed by atoms with van der Waals surface area (Å²) in [5, 5.41) is 2.62. The van der Waals surface area contributed by atoms with E-state index in [0.717, 1.165) is 12.8 Å². The summed E-state index contributed by atoms with van der Waals surface area (Å²) >= 11 is 0. The van der Waals surface area contributed by atoms with E-state index < -0.39 is 0 Å². The largest absolute Gasteiger partial charge is 0.462 e. The van der Waals surface area contributed by atoms with Crippen LogP contribution in [0.2, 0.25) is 0 Å². The number of nitrogens with one attached hydrogen (secondary N) is 1. The summed E-state index contributed by atoms with van der Waals surface area (Å²) in [5.41, 5.74) is 0. The molecule has 0 aliphatic carbocycles. The Labute approximate surface area is 155 Å². The molecule has 0 aromatic heterocycles. The Morgan fingerprint density at radius 3 is 1.64 bits per heavy atom. The number of rotatable bonds is 17. The van der Waals surface area contributed by atoms with E-state index in [9.17, 15) is 9.59 Å².